The Labute approximate surface area is 191 Å². The van der Waals surface area contributed by atoms with E-state index >= 15 is 0 Å². The number of hydrogen-bond acceptors (Lipinski definition) is 4. The van der Waals surface area contributed by atoms with Crippen LogP contribution in [-0.2, 0) is 0 Å². The van der Waals surface area contributed by atoms with E-state index in [9.17, 15) is 4.79 Å². The number of nitrogens with zero attached hydrogens (tertiary/aromatic N) is 3. The minimum atomic E-state index is 0.160. The van der Waals surface area contributed by atoms with Crippen LogP contribution in [0.1, 0.15) is 70.4 Å². The average molecular weight is 432 g/mol. The standard InChI is InChI=1S/C21H25NO2.C6H8N2/c1-6-17-14(4)22(15(5)21(17)19(23)7-2)18-9-8-10-20(13(18)3)24-16-11-12-16;1-5-3-7-6(2)8-4-5/h6,8-10,16H,1,7,11-12H2,2-5H3;3-4H,1-2H3. The minimum Gasteiger partial charge on any atom is -0.490 e. The molecule has 0 radical (unpaired) electrons. The highest BCUT2D eigenvalue weighted by molar-refractivity contribution is 6.01. The molecule has 0 bridgehead atoms. The highest BCUT2D eigenvalue weighted by Crippen LogP contribution is 2.34. The van der Waals surface area contributed by atoms with Gasteiger partial charge in [0.25, 0.3) is 0 Å². The van der Waals surface area contributed by atoms with Crippen LogP contribution in [0.15, 0.2) is 37.2 Å². The maximum absolute atomic E-state index is 12.4. The third-order valence-electron chi connectivity index (χ3n) is 5.72. The van der Waals surface area contributed by atoms with Crippen LogP contribution in [-0.4, -0.2) is 26.4 Å². The van der Waals surface area contributed by atoms with E-state index in [1.807, 2.05) is 59.1 Å². The number of aryl methyl sites for hydroxylation is 2. The van der Waals surface area contributed by atoms with Crippen LogP contribution < -0.4 is 4.74 Å². The summed E-state index contributed by atoms with van der Waals surface area (Å²) in [5.74, 6) is 1.92. The highest BCUT2D eigenvalue weighted by Gasteiger charge is 2.26. The molecule has 5 heteroatoms. The number of hydrogen-bond donors (Lipinski definition) is 0. The first kappa shape index (κ1) is 23.5. The van der Waals surface area contributed by atoms with Crippen molar-refractivity contribution in [1.82, 2.24) is 14.5 Å². The predicted molar refractivity (Wildman–Crippen MR) is 130 cm³/mol. The molecule has 0 atom stereocenters. The van der Waals surface area contributed by atoms with Crippen molar-refractivity contribution in [2.45, 2.75) is 66.9 Å². The van der Waals surface area contributed by atoms with Gasteiger partial charge in [0.1, 0.15) is 11.6 Å². The quantitative estimate of drug-likeness (QED) is 0.431. The molecule has 1 fully saturated rings. The van der Waals surface area contributed by atoms with E-state index < -0.39 is 0 Å². The van der Waals surface area contributed by atoms with Crippen LogP contribution in [0.25, 0.3) is 11.8 Å². The first-order valence-corrected chi connectivity index (χ1v) is 11.2. The van der Waals surface area contributed by atoms with Crippen LogP contribution in [0, 0.1) is 34.6 Å². The first-order chi connectivity index (χ1) is 15.3. The lowest BCUT2D eigenvalue weighted by Crippen LogP contribution is -2.06. The van der Waals surface area contributed by atoms with E-state index in [0.29, 0.717) is 12.5 Å². The number of carbonyl (C=O) groups excluding carboxylic acids is 1. The van der Waals surface area contributed by atoms with E-state index in [2.05, 4.69) is 34.1 Å². The molecule has 0 unspecified atom stereocenters. The lowest BCUT2D eigenvalue weighted by molar-refractivity contribution is 0.0987. The number of benzene rings is 1. The number of aromatic nitrogens is 3. The Morgan fingerprint density at radius 3 is 2.31 bits per heavy atom. The lowest BCUT2D eigenvalue weighted by Gasteiger charge is -2.16. The molecule has 1 aliphatic rings. The summed E-state index contributed by atoms with van der Waals surface area (Å²) < 4.78 is 8.19. The average Bonchev–Trinajstić information content (AvgIpc) is 3.56. The van der Waals surface area contributed by atoms with E-state index in [4.69, 9.17) is 4.74 Å². The number of carbonyl (C=O) groups is 1. The third-order valence-corrected chi connectivity index (χ3v) is 5.72. The summed E-state index contributed by atoms with van der Waals surface area (Å²) in [6.45, 7) is 15.8. The number of Topliss-reactive ketones (excluding diaryl/α,β-unsaturated/α-hetero) is 1. The lowest BCUT2D eigenvalue weighted by atomic mass is 10.0. The maximum Gasteiger partial charge on any atom is 0.165 e. The van der Waals surface area contributed by atoms with E-state index in [0.717, 1.165) is 63.7 Å². The van der Waals surface area contributed by atoms with Gasteiger partial charge < -0.3 is 9.30 Å². The van der Waals surface area contributed by atoms with E-state index in [-0.39, 0.29) is 5.78 Å². The van der Waals surface area contributed by atoms with Crippen molar-refractivity contribution in [2.24, 2.45) is 0 Å². The Kier molecular flexibility index (Phi) is 7.29. The Bertz CT molecular complexity index is 1100. The minimum absolute atomic E-state index is 0.160. The van der Waals surface area contributed by atoms with Gasteiger partial charge in [0.2, 0.25) is 0 Å². The molecular formula is C27H33N3O2. The van der Waals surface area contributed by atoms with Gasteiger partial charge in [-0.2, -0.15) is 0 Å². The van der Waals surface area contributed by atoms with Gasteiger partial charge in [-0.15, -0.1) is 0 Å². The van der Waals surface area contributed by atoms with Gasteiger partial charge in [0.05, 0.1) is 11.8 Å². The van der Waals surface area contributed by atoms with Gasteiger partial charge in [-0.25, -0.2) is 9.97 Å². The van der Waals surface area contributed by atoms with Crippen molar-refractivity contribution in [3.05, 3.63) is 76.6 Å². The molecule has 168 valence electrons. The van der Waals surface area contributed by atoms with Crippen LogP contribution in [0.5, 0.6) is 5.75 Å². The third kappa shape index (κ3) is 4.98. The molecule has 0 aliphatic heterocycles. The van der Waals surface area contributed by atoms with Crippen molar-refractivity contribution in [2.75, 3.05) is 0 Å². The smallest absolute Gasteiger partial charge is 0.165 e. The molecule has 0 N–H and O–H groups in total. The van der Waals surface area contributed by atoms with E-state index in [1.54, 1.807) is 6.08 Å². The molecule has 0 spiro atoms. The van der Waals surface area contributed by atoms with Crippen LogP contribution in [0.4, 0.5) is 0 Å². The molecular weight excluding hydrogens is 398 g/mol. The molecule has 0 saturated heterocycles. The monoisotopic (exact) mass is 431 g/mol. The molecule has 1 aliphatic carbocycles. The summed E-state index contributed by atoms with van der Waals surface area (Å²) in [6.07, 6.45) is 8.55. The SMILES string of the molecule is C=Cc1c(C(=O)CC)c(C)n(-c2cccc(OC3CC3)c2C)c1C.Cc1cnc(C)nc1. The van der Waals surface area contributed by atoms with Crippen LogP contribution >= 0.6 is 0 Å². The van der Waals surface area contributed by atoms with Crippen molar-refractivity contribution in [3.63, 3.8) is 0 Å². The number of rotatable bonds is 6. The second kappa shape index (κ2) is 9.94. The van der Waals surface area contributed by atoms with Gasteiger partial charge in [0, 0.05) is 46.9 Å². The zero-order valence-electron chi connectivity index (χ0n) is 20.0. The molecule has 5 nitrogen and oxygen atoms in total. The Hall–Kier alpha value is -3.21. The number of ether oxygens (including phenoxy) is 1. The van der Waals surface area contributed by atoms with E-state index in [1.165, 1.54) is 0 Å². The van der Waals surface area contributed by atoms with Crippen molar-refractivity contribution >= 4 is 11.9 Å². The fraction of sp³-hybridized carbons (Fsp3) is 0.370. The molecule has 3 aromatic rings. The normalized spacial score (nSPS) is 12.7. The number of ketones is 1. The molecule has 4 rings (SSSR count). The molecule has 0 amide bonds. The van der Waals surface area contributed by atoms with Gasteiger partial charge in [-0.1, -0.05) is 25.6 Å². The summed E-state index contributed by atoms with van der Waals surface area (Å²) in [5, 5.41) is 0. The zero-order chi connectivity index (χ0) is 23.4. The van der Waals surface area contributed by atoms with Gasteiger partial charge >= 0.3 is 0 Å². The first-order valence-electron chi connectivity index (χ1n) is 11.2. The molecule has 2 aromatic heterocycles. The summed E-state index contributed by atoms with van der Waals surface area (Å²) in [5.41, 5.74) is 7.03. The topological polar surface area (TPSA) is 57.0 Å². The van der Waals surface area contributed by atoms with Crippen molar-refractivity contribution < 1.29 is 9.53 Å². The Balaban J connectivity index is 0.000000305. The second-order valence-corrected chi connectivity index (χ2v) is 8.30. The Morgan fingerprint density at radius 2 is 1.78 bits per heavy atom. The fourth-order valence-electron chi connectivity index (χ4n) is 3.79. The largest absolute Gasteiger partial charge is 0.490 e. The highest BCUT2D eigenvalue weighted by atomic mass is 16.5. The van der Waals surface area contributed by atoms with Crippen molar-refractivity contribution in [3.8, 4) is 11.4 Å². The van der Waals surface area contributed by atoms with Crippen molar-refractivity contribution in [1.29, 1.82) is 0 Å². The second-order valence-electron chi connectivity index (χ2n) is 8.30. The molecule has 1 saturated carbocycles. The Morgan fingerprint density at radius 1 is 1.12 bits per heavy atom. The fourth-order valence-corrected chi connectivity index (χ4v) is 3.79. The summed E-state index contributed by atoms with van der Waals surface area (Å²) >= 11 is 0. The molecule has 2 heterocycles. The van der Waals surface area contributed by atoms with Gasteiger partial charge in [-0.05, 0) is 65.2 Å². The van der Waals surface area contributed by atoms with Crippen LogP contribution in [0.2, 0.25) is 0 Å². The summed E-state index contributed by atoms with van der Waals surface area (Å²) in [6, 6.07) is 6.13. The van der Waals surface area contributed by atoms with Gasteiger partial charge in [-0.3, -0.25) is 4.79 Å². The summed E-state index contributed by atoms with van der Waals surface area (Å²) in [7, 11) is 0. The summed E-state index contributed by atoms with van der Waals surface area (Å²) in [4.78, 5) is 20.4. The predicted octanol–water partition coefficient (Wildman–Crippen LogP) is 6.27. The maximum atomic E-state index is 12.4. The van der Waals surface area contributed by atoms with Crippen LogP contribution in [0.3, 0.4) is 0 Å². The molecule has 32 heavy (non-hydrogen) atoms. The molecule has 1 aromatic carbocycles. The van der Waals surface area contributed by atoms with Gasteiger partial charge in [0.15, 0.2) is 5.78 Å². The zero-order valence-corrected chi connectivity index (χ0v) is 20.0.